The zero-order chi connectivity index (χ0) is 17.7. The van der Waals surface area contributed by atoms with Gasteiger partial charge in [-0.15, -0.1) is 0 Å². The summed E-state index contributed by atoms with van der Waals surface area (Å²) in [6.45, 7) is 0. The van der Waals surface area contributed by atoms with Gasteiger partial charge >= 0.3 is 0 Å². The van der Waals surface area contributed by atoms with Gasteiger partial charge in [-0.1, -0.05) is 77.7 Å². The van der Waals surface area contributed by atoms with Gasteiger partial charge in [0, 0.05) is 15.5 Å². The first-order chi connectivity index (χ1) is 12.7. The number of halogens is 1. The maximum Gasteiger partial charge on any atom is 0.124 e. The van der Waals surface area contributed by atoms with Gasteiger partial charge in [0.1, 0.15) is 5.75 Å². The molecule has 1 fully saturated rings. The fraction of sp³-hybridized carbons (Fsp3) is 0.250. The summed E-state index contributed by atoms with van der Waals surface area (Å²) in [6.07, 6.45) is 8.79. The second-order valence-corrected chi connectivity index (χ2v) is 8.56. The second kappa shape index (κ2) is 5.99. The average molecular weight is 405 g/mol. The number of rotatable bonds is 1. The standard InChI is InChI=1S/C24H21BrO/c25-17-9-10-18-16(14-17)8-11-22(26)23(18)20-15-24(12-4-1-5-13-24)21-7-3-2-6-19(20)21/h2-3,6-11,14-15,26H,1,4-5,12-13H2. The molecule has 1 spiro atoms. The highest BCUT2D eigenvalue weighted by molar-refractivity contribution is 9.10. The van der Waals surface area contributed by atoms with Crippen LogP contribution in [-0.4, -0.2) is 5.11 Å². The van der Waals surface area contributed by atoms with Crippen molar-refractivity contribution in [3.63, 3.8) is 0 Å². The van der Waals surface area contributed by atoms with Crippen molar-refractivity contribution in [2.24, 2.45) is 0 Å². The van der Waals surface area contributed by atoms with Crippen molar-refractivity contribution in [3.05, 3.63) is 81.8 Å². The van der Waals surface area contributed by atoms with Crippen molar-refractivity contribution < 1.29 is 5.11 Å². The van der Waals surface area contributed by atoms with E-state index in [2.05, 4.69) is 64.5 Å². The minimum absolute atomic E-state index is 0.147. The van der Waals surface area contributed by atoms with Crippen LogP contribution >= 0.6 is 15.9 Å². The molecule has 2 aliphatic carbocycles. The Morgan fingerprint density at radius 2 is 1.69 bits per heavy atom. The summed E-state index contributed by atoms with van der Waals surface area (Å²) >= 11 is 3.57. The molecule has 0 unspecified atom stereocenters. The zero-order valence-corrected chi connectivity index (χ0v) is 16.2. The first kappa shape index (κ1) is 16.1. The van der Waals surface area contributed by atoms with Gasteiger partial charge < -0.3 is 5.11 Å². The van der Waals surface area contributed by atoms with Gasteiger partial charge in [-0.05, 0) is 58.5 Å². The highest BCUT2D eigenvalue weighted by atomic mass is 79.9. The zero-order valence-electron chi connectivity index (χ0n) is 14.6. The van der Waals surface area contributed by atoms with Crippen molar-refractivity contribution in [2.75, 3.05) is 0 Å². The second-order valence-electron chi connectivity index (χ2n) is 7.65. The van der Waals surface area contributed by atoms with E-state index in [9.17, 15) is 5.11 Å². The van der Waals surface area contributed by atoms with E-state index in [1.807, 2.05) is 12.1 Å². The van der Waals surface area contributed by atoms with E-state index >= 15 is 0 Å². The van der Waals surface area contributed by atoms with E-state index in [4.69, 9.17) is 0 Å². The molecule has 3 aromatic carbocycles. The van der Waals surface area contributed by atoms with Gasteiger partial charge in [-0.3, -0.25) is 0 Å². The molecule has 0 radical (unpaired) electrons. The molecule has 0 aliphatic heterocycles. The third-order valence-corrected chi connectivity index (χ3v) is 6.64. The Morgan fingerprint density at radius 3 is 2.54 bits per heavy atom. The lowest BCUT2D eigenvalue weighted by Crippen LogP contribution is -2.24. The van der Waals surface area contributed by atoms with Crippen LogP contribution in [-0.2, 0) is 5.41 Å². The molecule has 0 amide bonds. The molecule has 0 heterocycles. The summed E-state index contributed by atoms with van der Waals surface area (Å²) < 4.78 is 1.06. The first-order valence-corrected chi connectivity index (χ1v) is 10.2. The molecule has 2 heteroatoms. The van der Waals surface area contributed by atoms with Crippen molar-refractivity contribution in [1.29, 1.82) is 0 Å². The predicted octanol–water partition coefficient (Wildman–Crippen LogP) is 6.96. The molecular formula is C24H21BrO. The van der Waals surface area contributed by atoms with Gasteiger partial charge in [-0.25, -0.2) is 0 Å². The van der Waals surface area contributed by atoms with Crippen LogP contribution in [0, 0.1) is 0 Å². The van der Waals surface area contributed by atoms with Gasteiger partial charge in [0.2, 0.25) is 0 Å². The molecule has 0 atom stereocenters. The number of hydrogen-bond acceptors (Lipinski definition) is 1. The fourth-order valence-electron chi connectivity index (χ4n) is 4.96. The average Bonchev–Trinajstić information content (AvgIpc) is 2.96. The lowest BCUT2D eigenvalue weighted by Gasteiger charge is -2.33. The summed E-state index contributed by atoms with van der Waals surface area (Å²) in [5, 5.41) is 13.1. The SMILES string of the molecule is Oc1ccc2cc(Br)ccc2c1C1=CC2(CCCCC2)c2ccccc21. The molecule has 26 heavy (non-hydrogen) atoms. The lowest BCUT2D eigenvalue weighted by atomic mass is 9.71. The van der Waals surface area contributed by atoms with E-state index in [0.717, 1.165) is 20.8 Å². The molecule has 2 aliphatic rings. The lowest BCUT2D eigenvalue weighted by molar-refractivity contribution is 0.362. The van der Waals surface area contributed by atoms with Gasteiger partial charge in [0.05, 0.1) is 0 Å². The Morgan fingerprint density at radius 1 is 0.885 bits per heavy atom. The summed E-state index contributed by atoms with van der Waals surface area (Å²) in [5.74, 6) is 0.369. The van der Waals surface area contributed by atoms with Crippen molar-refractivity contribution in [3.8, 4) is 5.75 Å². The van der Waals surface area contributed by atoms with E-state index in [0.29, 0.717) is 5.75 Å². The Kier molecular flexibility index (Phi) is 3.72. The molecule has 130 valence electrons. The van der Waals surface area contributed by atoms with Crippen molar-refractivity contribution in [2.45, 2.75) is 37.5 Å². The van der Waals surface area contributed by atoms with E-state index < -0.39 is 0 Å². The molecule has 0 saturated heterocycles. The number of allylic oxidation sites excluding steroid dienone is 1. The van der Waals surface area contributed by atoms with E-state index in [1.165, 1.54) is 48.8 Å². The normalized spacial score (nSPS) is 18.1. The predicted molar refractivity (Wildman–Crippen MR) is 112 cm³/mol. The largest absolute Gasteiger partial charge is 0.507 e. The Labute approximate surface area is 162 Å². The number of fused-ring (bicyclic) bond motifs is 3. The van der Waals surface area contributed by atoms with Gasteiger partial charge in [-0.2, -0.15) is 0 Å². The third kappa shape index (κ3) is 2.35. The number of benzene rings is 3. The maximum absolute atomic E-state index is 10.8. The summed E-state index contributed by atoms with van der Waals surface area (Å²) in [4.78, 5) is 0. The quantitative estimate of drug-likeness (QED) is 0.464. The van der Waals surface area contributed by atoms with Crippen LogP contribution in [0.3, 0.4) is 0 Å². The Hall–Kier alpha value is -2.06. The van der Waals surface area contributed by atoms with Gasteiger partial charge in [0.25, 0.3) is 0 Å². The van der Waals surface area contributed by atoms with Crippen molar-refractivity contribution in [1.82, 2.24) is 0 Å². The van der Waals surface area contributed by atoms with Gasteiger partial charge in [0.15, 0.2) is 0 Å². The van der Waals surface area contributed by atoms with Crippen molar-refractivity contribution >= 4 is 32.3 Å². The van der Waals surface area contributed by atoms with E-state index in [-0.39, 0.29) is 5.41 Å². The molecule has 0 aromatic heterocycles. The number of hydrogen-bond donors (Lipinski definition) is 1. The first-order valence-electron chi connectivity index (χ1n) is 9.42. The monoisotopic (exact) mass is 404 g/mol. The molecule has 1 nitrogen and oxygen atoms in total. The minimum Gasteiger partial charge on any atom is -0.507 e. The number of phenolic OH excluding ortho intramolecular Hbond substituents is 1. The van der Waals surface area contributed by atoms with Crippen LogP contribution in [0.4, 0.5) is 0 Å². The molecule has 0 bridgehead atoms. The topological polar surface area (TPSA) is 20.2 Å². The van der Waals surface area contributed by atoms with Crippen LogP contribution in [0.1, 0.15) is 48.8 Å². The van der Waals surface area contributed by atoms with Crippen LogP contribution in [0.15, 0.2) is 65.1 Å². The highest BCUT2D eigenvalue weighted by Gasteiger charge is 2.39. The third-order valence-electron chi connectivity index (χ3n) is 6.15. The summed E-state index contributed by atoms with van der Waals surface area (Å²) in [6, 6.07) is 18.9. The number of aromatic hydroxyl groups is 1. The smallest absolute Gasteiger partial charge is 0.124 e. The Bertz CT molecular complexity index is 1040. The molecule has 5 rings (SSSR count). The van der Waals surface area contributed by atoms with Crippen LogP contribution in [0.5, 0.6) is 5.75 Å². The van der Waals surface area contributed by atoms with E-state index in [1.54, 1.807) is 0 Å². The molecule has 1 N–H and O–H groups in total. The summed E-state index contributed by atoms with van der Waals surface area (Å²) in [7, 11) is 0. The van der Waals surface area contributed by atoms with Crippen LogP contribution < -0.4 is 0 Å². The maximum atomic E-state index is 10.8. The minimum atomic E-state index is 0.147. The molecule has 3 aromatic rings. The fourth-order valence-corrected chi connectivity index (χ4v) is 5.34. The Balaban J connectivity index is 1.80. The highest BCUT2D eigenvalue weighted by Crippen LogP contribution is 2.52. The van der Waals surface area contributed by atoms with Crippen LogP contribution in [0.25, 0.3) is 16.3 Å². The number of phenols is 1. The molecule has 1 saturated carbocycles. The molecular weight excluding hydrogens is 384 g/mol. The summed E-state index contributed by atoms with van der Waals surface area (Å²) in [5.41, 5.74) is 5.06. The van der Waals surface area contributed by atoms with Crippen LogP contribution in [0.2, 0.25) is 0 Å².